The summed E-state index contributed by atoms with van der Waals surface area (Å²) in [6.07, 6.45) is 0.415. The van der Waals surface area contributed by atoms with E-state index in [2.05, 4.69) is 35.4 Å². The standard InChI is InChI=1S/C16H22F3N7S/c1-20-15(21-7-6-14-23-11(10-27-14)16(17,18)19)22-9-13-25-24-12-5-3-2-4-8-26(12)13/h10H,2-9H2,1H3,(H2,20,21,22). The molecule has 0 saturated heterocycles. The smallest absolute Gasteiger partial charge is 0.356 e. The second-order valence-corrected chi connectivity index (χ2v) is 7.16. The molecule has 0 aromatic carbocycles. The third-order valence-electron chi connectivity index (χ3n) is 4.30. The van der Waals surface area contributed by atoms with Crippen molar-refractivity contribution in [2.24, 2.45) is 4.99 Å². The number of hydrogen-bond donors (Lipinski definition) is 2. The summed E-state index contributed by atoms with van der Waals surface area (Å²) in [5, 5.41) is 16.3. The maximum Gasteiger partial charge on any atom is 0.434 e. The van der Waals surface area contributed by atoms with Gasteiger partial charge in [0.2, 0.25) is 0 Å². The van der Waals surface area contributed by atoms with Crippen LogP contribution in [0.2, 0.25) is 0 Å². The zero-order chi connectivity index (χ0) is 19.3. The number of fused-ring (bicyclic) bond motifs is 1. The third kappa shape index (κ3) is 5.18. The molecule has 0 bridgehead atoms. The molecule has 0 fully saturated rings. The lowest BCUT2D eigenvalue weighted by Crippen LogP contribution is -2.38. The number of aromatic nitrogens is 4. The van der Waals surface area contributed by atoms with E-state index in [0.29, 0.717) is 30.5 Å². The van der Waals surface area contributed by atoms with Crippen LogP contribution in [0.5, 0.6) is 0 Å². The molecule has 2 aromatic heterocycles. The molecule has 0 saturated carbocycles. The van der Waals surface area contributed by atoms with Crippen molar-refractivity contribution < 1.29 is 13.2 Å². The van der Waals surface area contributed by atoms with Gasteiger partial charge in [-0.2, -0.15) is 13.2 Å². The van der Waals surface area contributed by atoms with Crippen LogP contribution >= 0.6 is 11.3 Å². The van der Waals surface area contributed by atoms with Gasteiger partial charge in [-0.3, -0.25) is 4.99 Å². The number of nitrogens with zero attached hydrogens (tertiary/aromatic N) is 5. The van der Waals surface area contributed by atoms with Crippen molar-refractivity contribution in [1.82, 2.24) is 30.4 Å². The minimum atomic E-state index is -4.39. The van der Waals surface area contributed by atoms with Crippen LogP contribution in [-0.4, -0.2) is 39.3 Å². The highest BCUT2D eigenvalue weighted by atomic mass is 32.1. The van der Waals surface area contributed by atoms with E-state index < -0.39 is 11.9 Å². The van der Waals surface area contributed by atoms with Crippen molar-refractivity contribution in [3.05, 3.63) is 27.7 Å². The van der Waals surface area contributed by atoms with Gasteiger partial charge in [0, 0.05) is 38.4 Å². The number of thiazole rings is 1. The van der Waals surface area contributed by atoms with Crippen molar-refractivity contribution in [1.29, 1.82) is 0 Å². The van der Waals surface area contributed by atoms with Crippen LogP contribution in [0.1, 0.15) is 41.6 Å². The van der Waals surface area contributed by atoms with Crippen LogP contribution in [0.4, 0.5) is 13.2 Å². The van der Waals surface area contributed by atoms with Crippen LogP contribution in [0.3, 0.4) is 0 Å². The monoisotopic (exact) mass is 401 g/mol. The molecule has 0 radical (unpaired) electrons. The molecule has 7 nitrogen and oxygen atoms in total. The predicted octanol–water partition coefficient (Wildman–Crippen LogP) is 2.39. The molecule has 11 heteroatoms. The number of hydrogen-bond acceptors (Lipinski definition) is 5. The minimum absolute atomic E-state index is 0.391. The van der Waals surface area contributed by atoms with Gasteiger partial charge in [-0.15, -0.1) is 21.5 Å². The first kappa shape index (κ1) is 19.6. The molecule has 2 N–H and O–H groups in total. The van der Waals surface area contributed by atoms with Crippen molar-refractivity contribution >= 4 is 17.3 Å². The van der Waals surface area contributed by atoms with Crippen LogP contribution in [-0.2, 0) is 32.1 Å². The minimum Gasteiger partial charge on any atom is -0.356 e. The fraction of sp³-hybridized carbons (Fsp3) is 0.625. The van der Waals surface area contributed by atoms with Crippen LogP contribution in [0, 0.1) is 0 Å². The molecule has 27 heavy (non-hydrogen) atoms. The lowest BCUT2D eigenvalue weighted by molar-refractivity contribution is -0.140. The van der Waals surface area contributed by atoms with Gasteiger partial charge in [-0.05, 0) is 12.8 Å². The van der Waals surface area contributed by atoms with E-state index in [-0.39, 0.29) is 0 Å². The summed E-state index contributed by atoms with van der Waals surface area (Å²) in [5.41, 5.74) is -0.836. The van der Waals surface area contributed by atoms with Gasteiger partial charge in [0.1, 0.15) is 5.82 Å². The van der Waals surface area contributed by atoms with Crippen molar-refractivity contribution in [3.63, 3.8) is 0 Å². The SMILES string of the molecule is CN=C(NCCc1nc(C(F)(F)F)cs1)NCc1nnc2n1CCCCC2. The van der Waals surface area contributed by atoms with Gasteiger partial charge in [0.15, 0.2) is 17.5 Å². The zero-order valence-electron chi connectivity index (χ0n) is 15.0. The summed E-state index contributed by atoms with van der Waals surface area (Å²) < 4.78 is 39.9. The van der Waals surface area contributed by atoms with Gasteiger partial charge >= 0.3 is 6.18 Å². The van der Waals surface area contributed by atoms with Gasteiger partial charge < -0.3 is 15.2 Å². The molecule has 2 aromatic rings. The Morgan fingerprint density at radius 1 is 1.26 bits per heavy atom. The quantitative estimate of drug-likeness (QED) is 0.594. The molecule has 1 aliphatic rings. The highest BCUT2D eigenvalue weighted by Gasteiger charge is 2.33. The van der Waals surface area contributed by atoms with E-state index in [1.165, 1.54) is 6.42 Å². The first-order valence-electron chi connectivity index (χ1n) is 8.84. The average Bonchev–Trinajstić information content (AvgIpc) is 3.19. The topological polar surface area (TPSA) is 80.0 Å². The Hall–Kier alpha value is -2.17. The van der Waals surface area contributed by atoms with E-state index >= 15 is 0 Å². The molecule has 0 amide bonds. The van der Waals surface area contributed by atoms with Crippen LogP contribution in [0.25, 0.3) is 0 Å². The summed E-state index contributed by atoms with van der Waals surface area (Å²) in [6.45, 7) is 1.85. The maximum atomic E-state index is 12.6. The largest absolute Gasteiger partial charge is 0.434 e. The summed E-state index contributed by atoms with van der Waals surface area (Å²) in [5.74, 6) is 2.45. The van der Waals surface area contributed by atoms with E-state index in [4.69, 9.17) is 0 Å². The fourth-order valence-electron chi connectivity index (χ4n) is 2.90. The predicted molar refractivity (Wildman–Crippen MR) is 96.6 cm³/mol. The molecule has 1 aliphatic heterocycles. The Morgan fingerprint density at radius 3 is 2.85 bits per heavy atom. The first-order chi connectivity index (χ1) is 13.0. The van der Waals surface area contributed by atoms with E-state index in [9.17, 15) is 13.2 Å². The molecule has 0 spiro atoms. The molecule has 3 heterocycles. The Morgan fingerprint density at radius 2 is 2.11 bits per heavy atom. The number of aryl methyl sites for hydroxylation is 1. The normalized spacial score (nSPS) is 15.3. The molecule has 0 aliphatic carbocycles. The summed E-state index contributed by atoms with van der Waals surface area (Å²) in [6, 6.07) is 0. The molecule has 0 unspecified atom stereocenters. The van der Waals surface area contributed by atoms with Gasteiger partial charge in [0.25, 0.3) is 0 Å². The van der Waals surface area contributed by atoms with Crippen molar-refractivity contribution in [2.45, 2.75) is 51.4 Å². The van der Waals surface area contributed by atoms with Gasteiger partial charge in [-0.1, -0.05) is 6.42 Å². The van der Waals surface area contributed by atoms with E-state index in [1.807, 2.05) is 0 Å². The number of rotatable bonds is 5. The second kappa shape index (κ2) is 8.68. The van der Waals surface area contributed by atoms with Crippen LogP contribution < -0.4 is 10.6 Å². The van der Waals surface area contributed by atoms with E-state index in [0.717, 1.165) is 54.2 Å². The van der Waals surface area contributed by atoms with Gasteiger partial charge in [-0.25, -0.2) is 4.98 Å². The van der Waals surface area contributed by atoms with Crippen LogP contribution in [0.15, 0.2) is 10.4 Å². The fourth-order valence-corrected chi connectivity index (χ4v) is 3.71. The number of halogens is 3. The molecular weight excluding hydrogens is 379 g/mol. The Labute approximate surface area is 159 Å². The van der Waals surface area contributed by atoms with Gasteiger partial charge in [0.05, 0.1) is 11.6 Å². The highest BCUT2D eigenvalue weighted by molar-refractivity contribution is 7.09. The number of nitrogens with one attached hydrogen (secondary N) is 2. The second-order valence-electron chi connectivity index (χ2n) is 6.22. The lowest BCUT2D eigenvalue weighted by Gasteiger charge is -2.12. The molecular formula is C16H22F3N7S. The number of guanidine groups is 1. The summed E-state index contributed by atoms with van der Waals surface area (Å²) in [4.78, 5) is 7.75. The number of alkyl halides is 3. The molecule has 3 rings (SSSR count). The molecule has 0 atom stereocenters. The zero-order valence-corrected chi connectivity index (χ0v) is 15.8. The van der Waals surface area contributed by atoms with E-state index in [1.54, 1.807) is 7.05 Å². The maximum absolute atomic E-state index is 12.6. The summed E-state index contributed by atoms with van der Waals surface area (Å²) >= 11 is 1.01. The molecule has 148 valence electrons. The lowest BCUT2D eigenvalue weighted by atomic mass is 10.2. The Balaban J connectivity index is 1.47. The first-order valence-corrected chi connectivity index (χ1v) is 9.72. The Kier molecular flexibility index (Phi) is 6.30. The Bertz CT molecular complexity index is 781. The van der Waals surface area contributed by atoms with Crippen molar-refractivity contribution in [3.8, 4) is 0 Å². The number of aliphatic imine (C=N–C) groups is 1. The summed E-state index contributed by atoms with van der Waals surface area (Å²) in [7, 11) is 1.64. The average molecular weight is 401 g/mol. The highest BCUT2D eigenvalue weighted by Crippen LogP contribution is 2.30. The van der Waals surface area contributed by atoms with Crippen molar-refractivity contribution in [2.75, 3.05) is 13.6 Å². The third-order valence-corrected chi connectivity index (χ3v) is 5.21.